The van der Waals surface area contributed by atoms with Crippen LogP contribution in [0.4, 0.5) is 26.3 Å². The number of methoxy groups -OCH3 is 1. The monoisotopic (exact) mass is 388 g/mol. The van der Waals surface area contributed by atoms with E-state index < -0.39 is 46.3 Å². The first-order valence-electron chi connectivity index (χ1n) is 7.15. The van der Waals surface area contributed by atoms with Crippen molar-refractivity contribution in [2.24, 2.45) is 0 Å². The molecule has 0 aromatic heterocycles. The fraction of sp³-hybridized carbons (Fsp3) is 0.167. The molecule has 142 valence electrons. The first-order valence-corrected chi connectivity index (χ1v) is 7.15. The lowest BCUT2D eigenvalue weighted by Crippen LogP contribution is -2.11. The van der Waals surface area contributed by atoms with Gasteiger partial charge in [-0.25, -0.2) is 4.79 Å². The lowest BCUT2D eigenvalue weighted by Gasteiger charge is -2.11. The fourth-order valence-corrected chi connectivity index (χ4v) is 2.14. The third kappa shape index (κ3) is 4.73. The Morgan fingerprint density at radius 3 is 1.85 bits per heavy atom. The molecular weight excluding hydrogens is 378 g/mol. The van der Waals surface area contributed by atoms with E-state index in [0.717, 1.165) is 31.4 Å². The number of carbonyl (C=O) groups excluding carboxylic acids is 1. The first-order chi connectivity index (χ1) is 12.4. The van der Waals surface area contributed by atoms with E-state index in [1.807, 2.05) is 11.8 Å². The lowest BCUT2D eigenvalue weighted by atomic mass is 10.0. The van der Waals surface area contributed by atoms with Crippen molar-refractivity contribution in [3.63, 3.8) is 0 Å². The van der Waals surface area contributed by atoms with Crippen LogP contribution in [0.25, 0.3) is 0 Å². The van der Waals surface area contributed by atoms with E-state index in [0.29, 0.717) is 12.1 Å². The summed E-state index contributed by atoms with van der Waals surface area (Å²) < 4.78 is 83.0. The molecule has 0 aliphatic heterocycles. The van der Waals surface area contributed by atoms with E-state index in [2.05, 4.69) is 4.74 Å². The minimum absolute atomic E-state index is 0.379. The van der Waals surface area contributed by atoms with E-state index >= 15 is 0 Å². The van der Waals surface area contributed by atoms with E-state index in [9.17, 15) is 36.2 Å². The summed E-state index contributed by atoms with van der Waals surface area (Å²) in [7, 11) is 0.993. The van der Waals surface area contributed by atoms with Gasteiger partial charge in [0.1, 0.15) is 5.75 Å². The maximum Gasteiger partial charge on any atom is 0.417 e. The molecule has 0 aliphatic carbocycles. The van der Waals surface area contributed by atoms with Gasteiger partial charge in [-0.05, 0) is 36.4 Å². The number of phenolic OH excluding ortho intramolecular Hbond substituents is 1. The Bertz CT molecular complexity index is 933. The van der Waals surface area contributed by atoms with Gasteiger partial charge in [-0.15, -0.1) is 0 Å². The average Bonchev–Trinajstić information content (AvgIpc) is 2.58. The molecule has 0 radical (unpaired) electrons. The molecule has 2 aromatic carbocycles. The second-order valence-corrected chi connectivity index (χ2v) is 5.23. The highest BCUT2D eigenvalue weighted by Gasteiger charge is 2.35. The van der Waals surface area contributed by atoms with Crippen molar-refractivity contribution in [2.75, 3.05) is 7.11 Å². The Morgan fingerprint density at radius 2 is 1.37 bits per heavy atom. The summed E-state index contributed by atoms with van der Waals surface area (Å²) in [6.45, 7) is 0. The number of benzene rings is 2. The number of phenols is 1. The number of carbonyl (C=O) groups is 1. The van der Waals surface area contributed by atoms with Gasteiger partial charge in [-0.1, -0.05) is 11.8 Å². The molecule has 2 aromatic rings. The molecule has 2 rings (SSSR count). The number of alkyl halides is 6. The second kappa shape index (κ2) is 7.23. The van der Waals surface area contributed by atoms with Crippen molar-refractivity contribution in [1.82, 2.24) is 0 Å². The van der Waals surface area contributed by atoms with Gasteiger partial charge in [-0.2, -0.15) is 26.3 Å². The van der Waals surface area contributed by atoms with Crippen LogP contribution >= 0.6 is 0 Å². The van der Waals surface area contributed by atoms with Crippen LogP contribution in [0.1, 0.15) is 32.6 Å². The van der Waals surface area contributed by atoms with Gasteiger partial charge in [0.2, 0.25) is 0 Å². The number of hydrogen-bond donors (Lipinski definition) is 1. The van der Waals surface area contributed by atoms with Crippen LogP contribution in [0.2, 0.25) is 0 Å². The minimum atomic E-state index is -4.89. The summed E-state index contributed by atoms with van der Waals surface area (Å²) in [4.78, 5) is 11.4. The number of hydrogen-bond acceptors (Lipinski definition) is 3. The van der Waals surface area contributed by atoms with Gasteiger partial charge >= 0.3 is 18.3 Å². The largest absolute Gasteiger partial charge is 0.508 e. The van der Waals surface area contributed by atoms with Gasteiger partial charge in [0.05, 0.1) is 23.8 Å². The number of halogens is 6. The molecule has 0 atom stereocenters. The van der Waals surface area contributed by atoms with Crippen LogP contribution < -0.4 is 0 Å². The van der Waals surface area contributed by atoms with Crippen LogP contribution in [0, 0.1) is 11.8 Å². The Hall–Kier alpha value is -3.15. The summed E-state index contributed by atoms with van der Waals surface area (Å²) in [5.74, 6) is 2.43. The summed E-state index contributed by atoms with van der Waals surface area (Å²) in [6, 6.07) is 4.61. The predicted molar refractivity (Wildman–Crippen MR) is 81.9 cm³/mol. The molecule has 0 unspecified atom stereocenters. The van der Waals surface area contributed by atoms with Crippen LogP contribution in [0.3, 0.4) is 0 Å². The standard InChI is InChI=1S/C18H10F6O3/c1-27-16(26)12-5-4-10(14(8-12)17(19,20)21)2-3-11-6-7-13(25)9-15(11)18(22,23)24/h4-9,25H,1H3. The van der Waals surface area contributed by atoms with Crippen molar-refractivity contribution in [3.8, 4) is 17.6 Å². The van der Waals surface area contributed by atoms with Gasteiger partial charge in [-0.3, -0.25) is 0 Å². The molecule has 0 bridgehead atoms. The van der Waals surface area contributed by atoms with Crippen LogP contribution in [0.5, 0.6) is 5.75 Å². The van der Waals surface area contributed by atoms with Gasteiger partial charge in [0.25, 0.3) is 0 Å². The summed E-state index contributed by atoms with van der Waals surface area (Å²) in [5.41, 5.74) is -4.17. The molecule has 0 saturated heterocycles. The SMILES string of the molecule is COC(=O)c1ccc(C#Cc2ccc(O)cc2C(F)(F)F)c(C(F)(F)F)c1. The van der Waals surface area contributed by atoms with E-state index in [-0.39, 0.29) is 5.56 Å². The van der Waals surface area contributed by atoms with Crippen molar-refractivity contribution in [2.45, 2.75) is 12.4 Å². The number of esters is 1. The number of rotatable bonds is 1. The third-order valence-corrected chi connectivity index (χ3v) is 3.39. The summed E-state index contributed by atoms with van der Waals surface area (Å²) in [6.07, 6.45) is -9.75. The molecule has 3 nitrogen and oxygen atoms in total. The summed E-state index contributed by atoms with van der Waals surface area (Å²) in [5, 5.41) is 9.20. The normalized spacial score (nSPS) is 11.5. The molecule has 0 fully saturated rings. The van der Waals surface area contributed by atoms with E-state index in [1.165, 1.54) is 0 Å². The maximum atomic E-state index is 13.2. The Labute approximate surface area is 149 Å². The molecular formula is C18H10F6O3. The number of ether oxygens (including phenoxy) is 1. The first kappa shape index (κ1) is 20.2. The Kier molecular flexibility index (Phi) is 5.40. The molecule has 0 aliphatic rings. The highest BCUT2D eigenvalue weighted by molar-refractivity contribution is 5.89. The van der Waals surface area contributed by atoms with Crippen molar-refractivity contribution in [3.05, 3.63) is 64.2 Å². The van der Waals surface area contributed by atoms with Crippen molar-refractivity contribution < 1.29 is 41.0 Å². The molecule has 0 heterocycles. The second-order valence-electron chi connectivity index (χ2n) is 5.23. The van der Waals surface area contributed by atoms with Crippen LogP contribution in [-0.2, 0) is 17.1 Å². The number of aromatic hydroxyl groups is 1. The zero-order valence-corrected chi connectivity index (χ0v) is 13.5. The third-order valence-electron chi connectivity index (χ3n) is 3.39. The quantitative estimate of drug-likeness (QED) is 0.441. The predicted octanol–water partition coefficient (Wildman–Crippen LogP) is 4.62. The fourth-order valence-electron chi connectivity index (χ4n) is 2.14. The van der Waals surface area contributed by atoms with E-state index in [4.69, 9.17) is 0 Å². The zero-order valence-electron chi connectivity index (χ0n) is 13.5. The van der Waals surface area contributed by atoms with E-state index in [1.54, 1.807) is 0 Å². The van der Waals surface area contributed by atoms with Gasteiger partial charge in [0.15, 0.2) is 0 Å². The van der Waals surface area contributed by atoms with Crippen molar-refractivity contribution >= 4 is 5.97 Å². The molecule has 1 N–H and O–H groups in total. The lowest BCUT2D eigenvalue weighted by molar-refractivity contribution is -0.138. The van der Waals surface area contributed by atoms with Crippen molar-refractivity contribution in [1.29, 1.82) is 0 Å². The Morgan fingerprint density at radius 1 is 0.889 bits per heavy atom. The van der Waals surface area contributed by atoms with Gasteiger partial charge in [0, 0.05) is 11.1 Å². The molecule has 0 spiro atoms. The molecule has 9 heteroatoms. The zero-order chi connectivity index (χ0) is 20.4. The van der Waals surface area contributed by atoms with Gasteiger partial charge < -0.3 is 9.84 Å². The molecule has 0 saturated carbocycles. The molecule has 27 heavy (non-hydrogen) atoms. The topological polar surface area (TPSA) is 46.5 Å². The Balaban J connectivity index is 2.59. The van der Waals surface area contributed by atoms with Crippen LogP contribution in [0.15, 0.2) is 36.4 Å². The smallest absolute Gasteiger partial charge is 0.417 e. The minimum Gasteiger partial charge on any atom is -0.508 e. The molecule has 0 amide bonds. The van der Waals surface area contributed by atoms with Crippen LogP contribution in [-0.4, -0.2) is 18.2 Å². The summed E-state index contributed by atoms with van der Waals surface area (Å²) >= 11 is 0. The average molecular weight is 388 g/mol. The highest BCUT2D eigenvalue weighted by Crippen LogP contribution is 2.35. The highest BCUT2D eigenvalue weighted by atomic mass is 19.4. The maximum absolute atomic E-state index is 13.2.